The summed E-state index contributed by atoms with van der Waals surface area (Å²) >= 11 is 10.1. The van der Waals surface area contributed by atoms with Crippen molar-refractivity contribution >= 4 is 50.7 Å². The van der Waals surface area contributed by atoms with Crippen LogP contribution in [0.5, 0.6) is 5.75 Å². The fourth-order valence-electron chi connectivity index (χ4n) is 3.59. The maximum Gasteiger partial charge on any atom is 0.163 e. The number of thiophene rings is 1. The second-order valence-corrected chi connectivity index (χ2v) is 9.54. The highest BCUT2D eigenvalue weighted by molar-refractivity contribution is 7.98. The third-order valence-corrected chi connectivity index (χ3v) is 7.67. The van der Waals surface area contributed by atoms with Crippen LogP contribution in [0.1, 0.15) is 16.0 Å². The topological polar surface area (TPSA) is 59.9 Å². The zero-order valence-corrected chi connectivity index (χ0v) is 18.7. The summed E-state index contributed by atoms with van der Waals surface area (Å²) in [6, 6.07) is 9.71. The van der Waals surface area contributed by atoms with E-state index in [2.05, 4.69) is 10.3 Å². The fourth-order valence-corrected chi connectivity index (χ4v) is 6.22. The Morgan fingerprint density at radius 3 is 2.83 bits per heavy atom. The minimum absolute atomic E-state index is 0.604. The summed E-state index contributed by atoms with van der Waals surface area (Å²) in [5.74, 6) is 4.45. The van der Waals surface area contributed by atoms with E-state index in [1.807, 2.05) is 42.1 Å². The predicted molar refractivity (Wildman–Crippen MR) is 126 cm³/mol. The summed E-state index contributed by atoms with van der Waals surface area (Å²) in [5, 5.41) is 5.31. The first kappa shape index (κ1) is 19.6. The molecule has 30 heavy (non-hydrogen) atoms. The van der Waals surface area contributed by atoms with Crippen molar-refractivity contribution in [3.63, 3.8) is 0 Å². The van der Waals surface area contributed by atoms with Crippen LogP contribution >= 0.6 is 34.7 Å². The summed E-state index contributed by atoms with van der Waals surface area (Å²) < 4.78 is 5.26. The number of hydrogen-bond acceptors (Lipinski definition) is 7. The summed E-state index contributed by atoms with van der Waals surface area (Å²) in [4.78, 5) is 16.4. The summed E-state index contributed by atoms with van der Waals surface area (Å²) in [7, 11) is 1.62. The average Bonchev–Trinajstić information content (AvgIpc) is 3.17. The zero-order chi connectivity index (χ0) is 20.5. The number of methoxy groups -OCH3 is 1. The molecule has 0 bridgehead atoms. The second kappa shape index (κ2) is 8.41. The lowest BCUT2D eigenvalue weighted by Gasteiger charge is -2.14. The Labute approximate surface area is 187 Å². The summed E-state index contributed by atoms with van der Waals surface area (Å²) in [5.41, 5.74) is 3.42. The average molecular weight is 455 g/mol. The van der Waals surface area contributed by atoms with E-state index in [9.17, 15) is 0 Å². The first-order valence-electron chi connectivity index (χ1n) is 9.59. The lowest BCUT2D eigenvalue weighted by atomic mass is 10.1. The molecule has 152 valence electrons. The second-order valence-electron chi connectivity index (χ2n) is 6.94. The van der Waals surface area contributed by atoms with Crippen molar-refractivity contribution in [1.82, 2.24) is 15.0 Å². The van der Waals surface area contributed by atoms with Gasteiger partial charge in [0.15, 0.2) is 5.82 Å². The van der Waals surface area contributed by atoms with Gasteiger partial charge in [-0.25, -0.2) is 9.97 Å². The Bertz CT molecular complexity index is 1210. The molecular weight excluding hydrogens is 436 g/mol. The molecular formula is C22H19ClN4OS2. The van der Waals surface area contributed by atoms with Crippen LogP contribution in [0.25, 0.3) is 21.6 Å². The predicted octanol–water partition coefficient (Wildman–Crippen LogP) is 5.82. The highest BCUT2D eigenvalue weighted by Gasteiger charge is 2.21. The van der Waals surface area contributed by atoms with Crippen molar-refractivity contribution in [2.75, 3.05) is 18.2 Å². The molecule has 1 N–H and O–H groups in total. The van der Waals surface area contributed by atoms with Crippen LogP contribution in [0, 0.1) is 0 Å². The Morgan fingerprint density at radius 2 is 2.03 bits per heavy atom. The van der Waals surface area contributed by atoms with E-state index in [0.717, 1.165) is 45.1 Å². The molecule has 0 radical (unpaired) electrons. The summed E-state index contributed by atoms with van der Waals surface area (Å²) in [6.45, 7) is 0.616. The number of rotatable bonds is 5. The first-order valence-corrected chi connectivity index (χ1v) is 11.9. The van der Waals surface area contributed by atoms with Gasteiger partial charge in [-0.2, -0.15) is 11.8 Å². The monoisotopic (exact) mass is 454 g/mol. The number of nitrogens with zero attached hydrogens (tertiary/aromatic N) is 3. The largest absolute Gasteiger partial charge is 0.495 e. The van der Waals surface area contributed by atoms with E-state index in [4.69, 9.17) is 26.3 Å². The van der Waals surface area contributed by atoms with Gasteiger partial charge in [-0.3, -0.25) is 4.98 Å². The highest BCUT2D eigenvalue weighted by Crippen LogP contribution is 2.40. The fraction of sp³-hybridized carbons (Fsp3) is 0.227. The minimum atomic E-state index is 0.604. The maximum absolute atomic E-state index is 6.30. The Hall–Kier alpha value is -2.35. The van der Waals surface area contributed by atoms with Crippen LogP contribution in [0.2, 0.25) is 5.02 Å². The first-order chi connectivity index (χ1) is 14.7. The van der Waals surface area contributed by atoms with E-state index in [1.165, 1.54) is 10.4 Å². The van der Waals surface area contributed by atoms with Crippen molar-refractivity contribution in [3.8, 4) is 17.1 Å². The Morgan fingerprint density at radius 1 is 1.17 bits per heavy atom. The number of nitrogens with one attached hydrogen (secondary N) is 1. The number of fused-ring (bicyclic) bond motifs is 3. The summed E-state index contributed by atoms with van der Waals surface area (Å²) in [6.07, 6.45) is 4.60. The number of ether oxygens (including phenoxy) is 1. The Kier molecular flexibility index (Phi) is 5.50. The van der Waals surface area contributed by atoms with Crippen molar-refractivity contribution in [2.24, 2.45) is 0 Å². The minimum Gasteiger partial charge on any atom is -0.495 e. The van der Waals surface area contributed by atoms with Crippen molar-refractivity contribution in [1.29, 1.82) is 0 Å². The van der Waals surface area contributed by atoms with E-state index >= 15 is 0 Å². The standard InChI is InChI=1S/C22H19ClN4OS2/c1-28-17-3-2-13(10-16(17)23)11-25-21-19-15-6-9-29-12-18(15)30-22(19)27-20(26-21)14-4-7-24-8-5-14/h2-5,7-8,10H,6,9,11-12H2,1H3,(H,25,26,27). The van der Waals surface area contributed by atoms with E-state index in [1.54, 1.807) is 30.8 Å². The van der Waals surface area contributed by atoms with Gasteiger partial charge in [0.25, 0.3) is 0 Å². The van der Waals surface area contributed by atoms with Crippen LogP contribution in [0.3, 0.4) is 0 Å². The third kappa shape index (κ3) is 3.73. The number of pyridine rings is 1. The van der Waals surface area contributed by atoms with Crippen molar-refractivity contribution in [3.05, 3.63) is 63.8 Å². The molecule has 0 spiro atoms. The molecule has 0 fully saturated rings. The molecule has 0 saturated carbocycles. The van der Waals surface area contributed by atoms with Crippen LogP contribution in [0.4, 0.5) is 5.82 Å². The number of anilines is 1. The number of hydrogen-bond donors (Lipinski definition) is 1. The molecule has 0 saturated heterocycles. The van der Waals surface area contributed by atoms with E-state index < -0.39 is 0 Å². The number of benzene rings is 1. The molecule has 5 rings (SSSR count). The molecule has 0 aliphatic carbocycles. The van der Waals surface area contributed by atoms with Gasteiger partial charge in [0.2, 0.25) is 0 Å². The van der Waals surface area contributed by atoms with Crippen molar-refractivity contribution < 1.29 is 4.74 Å². The molecule has 4 aromatic rings. The molecule has 5 nitrogen and oxygen atoms in total. The van der Waals surface area contributed by atoms with Crippen LogP contribution in [-0.2, 0) is 18.7 Å². The SMILES string of the molecule is COc1ccc(CNc2nc(-c3ccncc3)nc3sc4c(c23)CCSC4)cc1Cl. The van der Waals surface area contributed by atoms with Crippen LogP contribution in [-0.4, -0.2) is 27.8 Å². The molecule has 0 amide bonds. The van der Waals surface area contributed by atoms with Gasteiger partial charge < -0.3 is 10.1 Å². The molecule has 8 heteroatoms. The van der Waals surface area contributed by atoms with Gasteiger partial charge in [-0.15, -0.1) is 11.3 Å². The third-order valence-electron chi connectivity index (χ3n) is 5.08. The highest BCUT2D eigenvalue weighted by atomic mass is 35.5. The number of halogens is 1. The van der Waals surface area contributed by atoms with Gasteiger partial charge in [-0.05, 0) is 47.6 Å². The molecule has 0 unspecified atom stereocenters. The lowest BCUT2D eigenvalue weighted by Crippen LogP contribution is -2.06. The number of thioether (sulfide) groups is 1. The van der Waals surface area contributed by atoms with Crippen molar-refractivity contribution in [2.45, 2.75) is 18.7 Å². The molecule has 4 heterocycles. The van der Waals surface area contributed by atoms with Gasteiger partial charge in [-0.1, -0.05) is 17.7 Å². The quantitative estimate of drug-likeness (QED) is 0.410. The smallest absolute Gasteiger partial charge is 0.163 e. The normalized spacial score (nSPS) is 13.3. The van der Waals surface area contributed by atoms with Crippen LogP contribution in [0.15, 0.2) is 42.7 Å². The molecule has 3 aromatic heterocycles. The van der Waals surface area contributed by atoms with Gasteiger partial charge >= 0.3 is 0 Å². The molecule has 1 aromatic carbocycles. The number of aromatic nitrogens is 3. The van der Waals surface area contributed by atoms with E-state index in [0.29, 0.717) is 23.1 Å². The zero-order valence-electron chi connectivity index (χ0n) is 16.3. The maximum atomic E-state index is 6.30. The molecule has 1 aliphatic heterocycles. The number of aryl methyl sites for hydroxylation is 1. The lowest BCUT2D eigenvalue weighted by molar-refractivity contribution is 0.415. The van der Waals surface area contributed by atoms with Gasteiger partial charge in [0.05, 0.1) is 17.5 Å². The van der Waals surface area contributed by atoms with Gasteiger partial charge in [0, 0.05) is 35.1 Å². The van der Waals surface area contributed by atoms with Gasteiger partial charge in [0.1, 0.15) is 16.4 Å². The molecule has 1 aliphatic rings. The van der Waals surface area contributed by atoms with Crippen LogP contribution < -0.4 is 10.1 Å². The van der Waals surface area contributed by atoms with E-state index in [-0.39, 0.29) is 0 Å². The Balaban J connectivity index is 1.56. The molecule has 0 atom stereocenters.